The smallest absolute Gasteiger partial charge is 0.245 e. The lowest BCUT2D eigenvalue weighted by Crippen LogP contribution is -2.54. The molecular formula is C38H55ClN4O3. The molecule has 2 aromatic carbocycles. The molecular weight excluding hydrogens is 596 g/mol. The molecule has 0 aromatic heterocycles. The third kappa shape index (κ3) is 9.80. The van der Waals surface area contributed by atoms with E-state index in [1.165, 1.54) is 37.7 Å². The van der Waals surface area contributed by atoms with Gasteiger partial charge in [-0.25, -0.2) is 0 Å². The average Bonchev–Trinajstić information content (AvgIpc) is 3.20. The molecule has 4 N–H and O–H groups in total. The minimum Gasteiger partial charge on any atom is -0.354 e. The summed E-state index contributed by atoms with van der Waals surface area (Å²) in [5.74, 6) is 0.319. The third-order valence-electron chi connectivity index (χ3n) is 10.4. The Hall–Kier alpha value is -2.90. The lowest BCUT2D eigenvalue weighted by Gasteiger charge is -2.46. The van der Waals surface area contributed by atoms with E-state index in [0.717, 1.165) is 55.8 Å². The summed E-state index contributed by atoms with van der Waals surface area (Å²) < 4.78 is 0. The van der Waals surface area contributed by atoms with Crippen LogP contribution in [0.1, 0.15) is 108 Å². The highest BCUT2D eigenvalue weighted by atomic mass is 35.5. The van der Waals surface area contributed by atoms with Crippen LogP contribution in [-0.4, -0.2) is 47.8 Å². The van der Waals surface area contributed by atoms with E-state index < -0.39 is 6.04 Å². The molecule has 0 spiro atoms. The minimum absolute atomic E-state index is 0.0200. The number of halogens is 1. The Kier molecular flexibility index (Phi) is 12.7. The molecule has 3 aliphatic rings. The van der Waals surface area contributed by atoms with Crippen LogP contribution in [0.2, 0.25) is 5.02 Å². The van der Waals surface area contributed by atoms with Gasteiger partial charge in [0, 0.05) is 36.1 Å². The number of hydrogen-bond acceptors (Lipinski definition) is 4. The molecule has 0 bridgehead atoms. The van der Waals surface area contributed by atoms with Crippen LogP contribution >= 0.6 is 11.6 Å². The SMILES string of the molecule is CC(C)(C)NC=O.CC1(C2CCCCC2)CCN(C(=O)C(Cc2ccc(Cl)cc2)NC(=O)C2CCCc3ccccc3C2N)CC1. The normalized spacial score (nSPS) is 22.3. The van der Waals surface area contributed by atoms with Crippen molar-refractivity contribution in [1.29, 1.82) is 0 Å². The zero-order chi connectivity index (χ0) is 33.3. The van der Waals surface area contributed by atoms with Crippen molar-refractivity contribution in [3.63, 3.8) is 0 Å². The topological polar surface area (TPSA) is 105 Å². The molecule has 0 radical (unpaired) electrons. The molecule has 5 rings (SSSR count). The van der Waals surface area contributed by atoms with Gasteiger partial charge < -0.3 is 21.3 Å². The second-order valence-electron chi connectivity index (χ2n) is 14.9. The van der Waals surface area contributed by atoms with E-state index in [-0.39, 0.29) is 29.3 Å². The highest BCUT2D eigenvalue weighted by Gasteiger charge is 2.40. The summed E-state index contributed by atoms with van der Waals surface area (Å²) in [6.45, 7) is 9.75. The molecule has 46 heavy (non-hydrogen) atoms. The summed E-state index contributed by atoms with van der Waals surface area (Å²) in [7, 11) is 0. The van der Waals surface area contributed by atoms with E-state index in [1.807, 2.05) is 68.1 Å². The Bertz CT molecular complexity index is 1290. The van der Waals surface area contributed by atoms with Crippen molar-refractivity contribution in [2.75, 3.05) is 13.1 Å². The first-order valence-corrected chi connectivity index (χ1v) is 17.7. The summed E-state index contributed by atoms with van der Waals surface area (Å²) >= 11 is 6.12. The summed E-state index contributed by atoms with van der Waals surface area (Å²) in [6.07, 6.45) is 12.5. The van der Waals surface area contributed by atoms with E-state index in [0.29, 0.717) is 29.7 Å². The van der Waals surface area contributed by atoms with E-state index in [1.54, 1.807) is 0 Å². The standard InChI is InChI=1S/C33H44ClN3O2.C5H11NO/c1-33(25-10-3-2-4-11-25)18-20-37(21-19-33)32(39)29(22-23-14-16-26(34)17-15-23)36-31(38)28-13-7-9-24-8-5-6-12-27(24)30(28)35;1-5(2,3)6-4-7/h5-6,8,12,14-17,25,28-30H,2-4,7,9-11,13,18-22,35H2,1H3,(H,36,38);4H,1-3H3,(H,6,7). The number of likely N-dealkylation sites (tertiary alicyclic amines) is 1. The molecule has 8 heteroatoms. The number of nitrogens with one attached hydrogen (secondary N) is 2. The van der Waals surface area contributed by atoms with Crippen LogP contribution in [0.5, 0.6) is 0 Å². The molecule has 2 fully saturated rings. The van der Waals surface area contributed by atoms with Crippen LogP contribution in [0.3, 0.4) is 0 Å². The maximum absolute atomic E-state index is 14.0. The molecule has 3 atom stereocenters. The van der Waals surface area contributed by atoms with Gasteiger partial charge >= 0.3 is 0 Å². The average molecular weight is 651 g/mol. The molecule has 7 nitrogen and oxygen atoms in total. The Labute approximate surface area is 281 Å². The molecule has 3 amide bonds. The third-order valence-corrected chi connectivity index (χ3v) is 10.7. The van der Waals surface area contributed by atoms with Gasteiger partial charge in [-0.2, -0.15) is 0 Å². The maximum Gasteiger partial charge on any atom is 0.245 e. The van der Waals surface area contributed by atoms with Crippen LogP contribution in [0.15, 0.2) is 48.5 Å². The fourth-order valence-electron chi connectivity index (χ4n) is 7.47. The fourth-order valence-corrected chi connectivity index (χ4v) is 7.59. The zero-order valence-electron chi connectivity index (χ0n) is 28.3. The van der Waals surface area contributed by atoms with Gasteiger partial charge in [0.1, 0.15) is 6.04 Å². The van der Waals surface area contributed by atoms with Crippen molar-refractivity contribution in [3.8, 4) is 0 Å². The van der Waals surface area contributed by atoms with Crippen molar-refractivity contribution >= 4 is 29.8 Å². The number of carbonyl (C=O) groups excluding carboxylic acids is 3. The van der Waals surface area contributed by atoms with Gasteiger partial charge in [-0.15, -0.1) is 0 Å². The van der Waals surface area contributed by atoms with Crippen molar-refractivity contribution in [1.82, 2.24) is 15.5 Å². The Balaban J connectivity index is 0.000000617. The molecule has 1 aliphatic heterocycles. The van der Waals surface area contributed by atoms with E-state index >= 15 is 0 Å². The van der Waals surface area contributed by atoms with Gasteiger partial charge in [0.2, 0.25) is 18.2 Å². The first-order chi connectivity index (χ1) is 21.9. The zero-order valence-corrected chi connectivity index (χ0v) is 29.1. The molecule has 1 saturated carbocycles. The van der Waals surface area contributed by atoms with Gasteiger partial charge in [-0.05, 0) is 106 Å². The summed E-state index contributed by atoms with van der Waals surface area (Å²) in [6, 6.07) is 14.7. The van der Waals surface area contributed by atoms with Crippen molar-refractivity contribution in [2.24, 2.45) is 23.0 Å². The van der Waals surface area contributed by atoms with Crippen molar-refractivity contribution < 1.29 is 14.4 Å². The number of nitrogens with zero attached hydrogens (tertiary/aromatic N) is 1. The largest absolute Gasteiger partial charge is 0.354 e. The van der Waals surface area contributed by atoms with Crippen LogP contribution < -0.4 is 16.4 Å². The highest BCUT2D eigenvalue weighted by molar-refractivity contribution is 6.30. The number of benzene rings is 2. The first kappa shape index (κ1) is 35.9. The van der Waals surface area contributed by atoms with Gasteiger partial charge in [0.25, 0.3) is 0 Å². The second kappa shape index (κ2) is 16.3. The minimum atomic E-state index is -0.622. The lowest BCUT2D eigenvalue weighted by molar-refractivity contribution is -0.140. The van der Waals surface area contributed by atoms with Gasteiger partial charge in [0.05, 0.1) is 5.92 Å². The number of piperidine rings is 1. The number of aryl methyl sites for hydroxylation is 1. The second-order valence-corrected chi connectivity index (χ2v) is 15.4. The Morgan fingerprint density at radius 2 is 1.65 bits per heavy atom. The number of fused-ring (bicyclic) bond motifs is 1. The number of rotatable bonds is 7. The van der Waals surface area contributed by atoms with E-state index in [4.69, 9.17) is 17.3 Å². The van der Waals surface area contributed by atoms with Crippen LogP contribution in [0.4, 0.5) is 0 Å². The van der Waals surface area contributed by atoms with Crippen LogP contribution in [0, 0.1) is 17.3 Å². The monoisotopic (exact) mass is 650 g/mol. The highest BCUT2D eigenvalue weighted by Crippen LogP contribution is 2.45. The number of carbonyl (C=O) groups is 3. The van der Waals surface area contributed by atoms with Crippen LogP contribution in [0.25, 0.3) is 0 Å². The fraction of sp³-hybridized carbons (Fsp3) is 0.605. The lowest BCUT2D eigenvalue weighted by atomic mass is 9.65. The number of hydrogen-bond donors (Lipinski definition) is 3. The van der Waals surface area contributed by atoms with Gasteiger partial charge in [-0.1, -0.05) is 74.2 Å². The predicted molar refractivity (Wildman–Crippen MR) is 186 cm³/mol. The summed E-state index contributed by atoms with van der Waals surface area (Å²) in [5, 5.41) is 6.44. The molecule has 1 heterocycles. The van der Waals surface area contributed by atoms with Gasteiger partial charge in [0.15, 0.2) is 0 Å². The first-order valence-electron chi connectivity index (χ1n) is 17.3. The number of amides is 3. The number of nitrogens with two attached hydrogens (primary N) is 1. The molecule has 1 saturated heterocycles. The van der Waals surface area contributed by atoms with Crippen LogP contribution in [-0.2, 0) is 27.2 Å². The van der Waals surface area contributed by atoms with E-state index in [2.05, 4.69) is 23.6 Å². The maximum atomic E-state index is 14.0. The summed E-state index contributed by atoms with van der Waals surface area (Å²) in [5.41, 5.74) is 10.2. The predicted octanol–water partition coefficient (Wildman–Crippen LogP) is 6.76. The summed E-state index contributed by atoms with van der Waals surface area (Å²) in [4.78, 5) is 39.4. The molecule has 3 unspecified atom stereocenters. The molecule has 2 aliphatic carbocycles. The quantitative estimate of drug-likeness (QED) is 0.228. The Morgan fingerprint density at radius 3 is 2.26 bits per heavy atom. The Morgan fingerprint density at radius 1 is 1.00 bits per heavy atom. The molecule has 252 valence electrons. The van der Waals surface area contributed by atoms with Gasteiger partial charge in [-0.3, -0.25) is 14.4 Å². The molecule has 2 aromatic rings. The van der Waals surface area contributed by atoms with Crippen molar-refractivity contribution in [3.05, 3.63) is 70.2 Å². The van der Waals surface area contributed by atoms with E-state index in [9.17, 15) is 14.4 Å². The van der Waals surface area contributed by atoms with Crippen molar-refractivity contribution in [2.45, 2.75) is 116 Å².